The monoisotopic (exact) mass is 604 g/mol. The van der Waals surface area contributed by atoms with Gasteiger partial charge in [-0.15, -0.1) is 0 Å². The van der Waals surface area contributed by atoms with E-state index in [4.69, 9.17) is 42.6 Å². The van der Waals surface area contributed by atoms with E-state index in [1.165, 1.54) is 39.5 Å². The van der Waals surface area contributed by atoms with Crippen LogP contribution in [0.25, 0.3) is 0 Å². The second-order valence-electron chi connectivity index (χ2n) is 10.3. The highest BCUT2D eigenvalue weighted by Crippen LogP contribution is 2.60. The third kappa shape index (κ3) is 4.42. The molecule has 0 N–H and O–H groups in total. The van der Waals surface area contributed by atoms with Crippen molar-refractivity contribution in [2.75, 3.05) is 48.3 Å². The second kappa shape index (κ2) is 11.4. The molecule has 1 saturated heterocycles. The number of ketones is 1. The second-order valence-corrected chi connectivity index (χ2v) is 10.3. The number of ether oxygens (including phenoxy) is 9. The van der Waals surface area contributed by atoms with E-state index < -0.39 is 29.2 Å². The first-order chi connectivity index (χ1) is 21.3. The predicted octanol–water partition coefficient (Wildman–Crippen LogP) is 4.64. The van der Waals surface area contributed by atoms with Crippen LogP contribution in [0.2, 0.25) is 0 Å². The van der Waals surface area contributed by atoms with Gasteiger partial charge in [0.05, 0.1) is 58.3 Å². The average molecular weight is 605 g/mol. The quantitative estimate of drug-likeness (QED) is 0.193. The van der Waals surface area contributed by atoms with E-state index in [0.29, 0.717) is 36.0 Å². The molecule has 3 aromatic rings. The highest BCUT2D eigenvalue weighted by atomic mass is 16.7. The third-order valence-corrected chi connectivity index (χ3v) is 7.97. The number of carbonyl (C=O) groups is 2. The highest BCUT2D eigenvalue weighted by Gasteiger charge is 2.63. The van der Waals surface area contributed by atoms with Gasteiger partial charge in [-0.1, -0.05) is 24.8 Å². The van der Waals surface area contributed by atoms with Crippen LogP contribution in [0.15, 0.2) is 61.2 Å². The van der Waals surface area contributed by atoms with Crippen LogP contribution in [0.1, 0.15) is 39.6 Å². The van der Waals surface area contributed by atoms with Gasteiger partial charge < -0.3 is 42.6 Å². The van der Waals surface area contributed by atoms with Crippen molar-refractivity contribution in [1.29, 1.82) is 0 Å². The summed E-state index contributed by atoms with van der Waals surface area (Å²) in [6.07, 6.45) is 0.990. The lowest BCUT2D eigenvalue weighted by molar-refractivity contribution is -0.197. The van der Waals surface area contributed by atoms with Crippen LogP contribution in [0.5, 0.6) is 34.5 Å². The largest absolute Gasteiger partial charge is 0.497 e. The molecule has 1 fully saturated rings. The van der Waals surface area contributed by atoms with Gasteiger partial charge in [0.15, 0.2) is 0 Å². The van der Waals surface area contributed by atoms with Crippen molar-refractivity contribution in [2.24, 2.45) is 0 Å². The van der Waals surface area contributed by atoms with Gasteiger partial charge in [0.2, 0.25) is 11.6 Å². The number of benzene rings is 3. The molecule has 11 heteroatoms. The van der Waals surface area contributed by atoms with Gasteiger partial charge in [0.25, 0.3) is 5.60 Å². The normalized spacial score (nSPS) is 21.0. The van der Waals surface area contributed by atoms with E-state index >= 15 is 0 Å². The van der Waals surface area contributed by atoms with Gasteiger partial charge in [0, 0.05) is 18.6 Å². The molecule has 2 unspecified atom stereocenters. The van der Waals surface area contributed by atoms with Crippen molar-refractivity contribution in [3.63, 3.8) is 0 Å². The van der Waals surface area contributed by atoms with Crippen molar-refractivity contribution in [3.05, 3.63) is 83.4 Å². The highest BCUT2D eigenvalue weighted by molar-refractivity contribution is 6.20. The maximum absolute atomic E-state index is 14.5. The maximum Gasteiger partial charge on any atom is 0.364 e. The van der Waals surface area contributed by atoms with Crippen LogP contribution in [0, 0.1) is 0 Å². The molecule has 3 aromatic carbocycles. The Morgan fingerprint density at radius 2 is 1.57 bits per heavy atom. The topological polar surface area (TPSA) is 117 Å². The Hall–Kier alpha value is -4.74. The summed E-state index contributed by atoms with van der Waals surface area (Å²) in [7, 11) is 5.96. The molecule has 230 valence electrons. The fraction of sp³-hybridized carbons (Fsp3) is 0.333. The van der Waals surface area contributed by atoms with Crippen LogP contribution in [-0.2, 0) is 30.4 Å². The minimum absolute atomic E-state index is 0.0123. The van der Waals surface area contributed by atoms with E-state index in [9.17, 15) is 9.59 Å². The summed E-state index contributed by atoms with van der Waals surface area (Å²) in [5, 5.41) is 0. The van der Waals surface area contributed by atoms with Crippen LogP contribution in [0.4, 0.5) is 0 Å². The van der Waals surface area contributed by atoms with E-state index in [0.717, 1.165) is 5.56 Å². The van der Waals surface area contributed by atoms with E-state index in [-0.39, 0.29) is 41.4 Å². The minimum Gasteiger partial charge on any atom is -0.497 e. The number of methoxy groups -OCH3 is 4. The van der Waals surface area contributed by atoms with Crippen molar-refractivity contribution in [1.82, 2.24) is 0 Å². The summed E-state index contributed by atoms with van der Waals surface area (Å²) in [5.74, 6) is -1.29. The molecular weight excluding hydrogens is 572 g/mol. The number of Topliss-reactive ketones (excluding diaryl/α,β-unsaturated/α-hetero) is 1. The zero-order valence-corrected chi connectivity index (χ0v) is 24.8. The minimum atomic E-state index is -2.37. The Morgan fingerprint density at radius 1 is 0.909 bits per heavy atom. The zero-order chi connectivity index (χ0) is 31.1. The van der Waals surface area contributed by atoms with Gasteiger partial charge in [0.1, 0.15) is 47.2 Å². The summed E-state index contributed by atoms with van der Waals surface area (Å²) >= 11 is 0. The molecule has 0 amide bonds. The summed E-state index contributed by atoms with van der Waals surface area (Å²) in [6, 6.07) is 13.6. The van der Waals surface area contributed by atoms with Gasteiger partial charge in [-0.25, -0.2) is 4.79 Å². The fourth-order valence-electron chi connectivity index (χ4n) is 5.94. The molecule has 0 aliphatic carbocycles. The molecule has 0 aromatic heterocycles. The molecule has 3 aliphatic rings. The fourth-order valence-corrected chi connectivity index (χ4v) is 5.94. The summed E-state index contributed by atoms with van der Waals surface area (Å²) in [5.41, 5.74) is -1.10. The lowest BCUT2D eigenvalue weighted by Crippen LogP contribution is -2.48. The number of esters is 1. The molecule has 3 heterocycles. The number of hydrogen-bond acceptors (Lipinski definition) is 11. The lowest BCUT2D eigenvalue weighted by atomic mass is 9.81. The SMILES string of the molecule is C=CCOC(=O)C1(c2c(OC)cc(OC)c3c2OC(c2ccc(OC)cc2)CC32OCCO2)Oc2cc(OC)ccc2C1=O. The number of hydrogen-bond donors (Lipinski definition) is 0. The van der Waals surface area contributed by atoms with Crippen LogP contribution < -0.4 is 28.4 Å². The Balaban J connectivity index is 1.64. The number of carbonyl (C=O) groups excluding carboxylic acids is 2. The summed E-state index contributed by atoms with van der Waals surface area (Å²) in [6.45, 7) is 4.06. The van der Waals surface area contributed by atoms with Crippen molar-refractivity contribution in [3.8, 4) is 34.5 Å². The molecule has 44 heavy (non-hydrogen) atoms. The average Bonchev–Trinajstić information content (AvgIpc) is 3.64. The van der Waals surface area contributed by atoms with Gasteiger partial charge in [-0.05, 0) is 29.8 Å². The molecule has 0 bridgehead atoms. The number of fused-ring (bicyclic) bond motifs is 3. The van der Waals surface area contributed by atoms with Crippen LogP contribution in [0.3, 0.4) is 0 Å². The van der Waals surface area contributed by atoms with Crippen molar-refractivity contribution >= 4 is 11.8 Å². The van der Waals surface area contributed by atoms with Gasteiger partial charge >= 0.3 is 5.97 Å². The first-order valence-corrected chi connectivity index (χ1v) is 13.9. The van der Waals surface area contributed by atoms with E-state index in [1.807, 2.05) is 24.3 Å². The Bertz CT molecular complexity index is 1610. The predicted molar refractivity (Wildman–Crippen MR) is 155 cm³/mol. The van der Waals surface area contributed by atoms with Crippen LogP contribution in [-0.4, -0.2) is 60.0 Å². The molecular formula is C33H32O11. The first-order valence-electron chi connectivity index (χ1n) is 13.9. The third-order valence-electron chi connectivity index (χ3n) is 7.97. The molecule has 1 spiro atoms. The molecule has 3 aliphatic heterocycles. The van der Waals surface area contributed by atoms with Crippen LogP contribution >= 0.6 is 0 Å². The molecule has 11 nitrogen and oxygen atoms in total. The van der Waals surface area contributed by atoms with Crippen molar-refractivity contribution in [2.45, 2.75) is 23.9 Å². The van der Waals surface area contributed by atoms with E-state index in [1.54, 1.807) is 19.2 Å². The van der Waals surface area contributed by atoms with Gasteiger partial charge in [-0.3, -0.25) is 4.79 Å². The molecule has 0 radical (unpaired) electrons. The lowest BCUT2D eigenvalue weighted by Gasteiger charge is -2.41. The molecule has 2 atom stereocenters. The zero-order valence-electron chi connectivity index (χ0n) is 24.8. The Kier molecular flexibility index (Phi) is 7.60. The van der Waals surface area contributed by atoms with Gasteiger partial charge in [-0.2, -0.15) is 0 Å². The smallest absolute Gasteiger partial charge is 0.364 e. The van der Waals surface area contributed by atoms with Crippen molar-refractivity contribution < 1.29 is 52.2 Å². The first kappa shape index (κ1) is 29.3. The summed E-state index contributed by atoms with van der Waals surface area (Å²) < 4.78 is 53.5. The maximum atomic E-state index is 14.5. The number of rotatable bonds is 9. The Morgan fingerprint density at radius 3 is 2.20 bits per heavy atom. The Labute approximate surface area is 254 Å². The standard InChI is InChI=1S/C33H32O11/c1-6-13-40-31(35)33(30(34)22-12-11-21(37-3)16-23(22)44-33)28-25(39-5)17-24(38-4)27-29(28)43-26(18-32(27)41-14-15-42-32)19-7-9-20(36-2)10-8-19/h6-12,16-17,26H,1,13-15,18H2,2-5H3. The summed E-state index contributed by atoms with van der Waals surface area (Å²) in [4.78, 5) is 28.6. The van der Waals surface area contributed by atoms with E-state index in [2.05, 4.69) is 6.58 Å². The molecule has 6 rings (SSSR count). The molecule has 0 saturated carbocycles.